The number of anilines is 1. The van der Waals surface area contributed by atoms with Gasteiger partial charge in [0.05, 0.1) is 0 Å². The number of furan rings is 1. The van der Waals surface area contributed by atoms with Crippen LogP contribution in [0.25, 0.3) is 0 Å². The number of carboxylic acids is 1. The van der Waals surface area contributed by atoms with Gasteiger partial charge in [-0.15, -0.1) is 0 Å². The molecule has 0 aliphatic carbocycles. The van der Waals surface area contributed by atoms with Crippen molar-refractivity contribution in [2.75, 3.05) is 24.6 Å². The zero-order chi connectivity index (χ0) is 11.3. The fourth-order valence-electron chi connectivity index (χ4n) is 1.30. The molecular weight excluding hydrogens is 198 g/mol. The molecular formula is C10H15NO4. The molecule has 1 rings (SSSR count). The average molecular weight is 213 g/mol. The minimum Gasteiger partial charge on any atom is -0.475 e. The van der Waals surface area contributed by atoms with Gasteiger partial charge in [0.2, 0.25) is 5.76 Å². The molecule has 0 fully saturated rings. The second kappa shape index (κ2) is 5.41. The molecule has 15 heavy (non-hydrogen) atoms. The van der Waals surface area contributed by atoms with Gasteiger partial charge in [-0.05, 0) is 19.4 Å². The van der Waals surface area contributed by atoms with Crippen molar-refractivity contribution in [3.8, 4) is 0 Å². The molecule has 1 heterocycles. The number of aliphatic hydroxyl groups excluding tert-OH is 1. The first-order valence-electron chi connectivity index (χ1n) is 4.88. The molecule has 0 aliphatic heterocycles. The van der Waals surface area contributed by atoms with Crippen LogP contribution in [0, 0.1) is 0 Å². The van der Waals surface area contributed by atoms with Crippen molar-refractivity contribution < 1.29 is 19.4 Å². The SMILES string of the molecule is CCN(CCCO)c1ccc(C(=O)O)o1. The van der Waals surface area contributed by atoms with Gasteiger partial charge in [0.1, 0.15) is 0 Å². The molecule has 2 N–H and O–H groups in total. The van der Waals surface area contributed by atoms with Gasteiger partial charge in [0.15, 0.2) is 5.88 Å². The van der Waals surface area contributed by atoms with Crippen molar-refractivity contribution in [2.24, 2.45) is 0 Å². The lowest BCUT2D eigenvalue weighted by molar-refractivity contribution is 0.0663. The number of hydrogen-bond acceptors (Lipinski definition) is 4. The molecule has 5 heteroatoms. The van der Waals surface area contributed by atoms with Crippen LogP contribution in [0.2, 0.25) is 0 Å². The number of carbonyl (C=O) groups is 1. The van der Waals surface area contributed by atoms with Crippen LogP contribution in [-0.4, -0.2) is 35.9 Å². The Morgan fingerprint density at radius 1 is 1.53 bits per heavy atom. The molecule has 0 bridgehead atoms. The number of aliphatic hydroxyl groups is 1. The van der Waals surface area contributed by atoms with Gasteiger partial charge < -0.3 is 19.5 Å². The van der Waals surface area contributed by atoms with E-state index in [1.165, 1.54) is 6.07 Å². The van der Waals surface area contributed by atoms with E-state index in [0.717, 1.165) is 0 Å². The van der Waals surface area contributed by atoms with Gasteiger partial charge in [-0.2, -0.15) is 0 Å². The lowest BCUT2D eigenvalue weighted by Crippen LogP contribution is -2.24. The Balaban J connectivity index is 2.69. The summed E-state index contributed by atoms with van der Waals surface area (Å²) < 4.78 is 5.14. The van der Waals surface area contributed by atoms with Crippen molar-refractivity contribution in [1.29, 1.82) is 0 Å². The maximum Gasteiger partial charge on any atom is 0.371 e. The Bertz CT molecular complexity index is 321. The normalized spacial score (nSPS) is 10.3. The Labute approximate surface area is 87.9 Å². The van der Waals surface area contributed by atoms with Crippen LogP contribution in [-0.2, 0) is 0 Å². The summed E-state index contributed by atoms with van der Waals surface area (Å²) in [5.41, 5.74) is 0. The van der Waals surface area contributed by atoms with Crippen LogP contribution < -0.4 is 4.90 Å². The van der Waals surface area contributed by atoms with Crippen molar-refractivity contribution in [3.05, 3.63) is 17.9 Å². The van der Waals surface area contributed by atoms with Gasteiger partial charge in [-0.25, -0.2) is 4.79 Å². The lowest BCUT2D eigenvalue weighted by Gasteiger charge is -2.18. The van der Waals surface area contributed by atoms with E-state index in [4.69, 9.17) is 14.6 Å². The molecule has 0 saturated heterocycles. The second-order valence-electron chi connectivity index (χ2n) is 3.10. The monoisotopic (exact) mass is 213 g/mol. The number of aromatic carboxylic acids is 1. The molecule has 1 aromatic heterocycles. The van der Waals surface area contributed by atoms with Crippen LogP contribution >= 0.6 is 0 Å². The molecule has 0 spiro atoms. The van der Waals surface area contributed by atoms with Gasteiger partial charge in [-0.1, -0.05) is 0 Å². The molecule has 0 amide bonds. The molecule has 0 unspecified atom stereocenters. The topological polar surface area (TPSA) is 73.9 Å². The predicted molar refractivity (Wildman–Crippen MR) is 55.3 cm³/mol. The highest BCUT2D eigenvalue weighted by Crippen LogP contribution is 2.18. The minimum atomic E-state index is -1.07. The summed E-state index contributed by atoms with van der Waals surface area (Å²) in [4.78, 5) is 12.5. The van der Waals surface area contributed by atoms with Crippen molar-refractivity contribution >= 4 is 11.9 Å². The zero-order valence-corrected chi connectivity index (χ0v) is 8.64. The van der Waals surface area contributed by atoms with E-state index in [1.54, 1.807) is 6.07 Å². The van der Waals surface area contributed by atoms with E-state index >= 15 is 0 Å². The predicted octanol–water partition coefficient (Wildman–Crippen LogP) is 1.19. The lowest BCUT2D eigenvalue weighted by atomic mass is 10.4. The quantitative estimate of drug-likeness (QED) is 0.742. The number of hydrogen-bond donors (Lipinski definition) is 2. The van der Waals surface area contributed by atoms with E-state index in [2.05, 4.69) is 0 Å². The second-order valence-corrected chi connectivity index (χ2v) is 3.10. The third kappa shape index (κ3) is 2.99. The fraction of sp³-hybridized carbons (Fsp3) is 0.500. The first-order chi connectivity index (χ1) is 7.19. The smallest absolute Gasteiger partial charge is 0.371 e. The molecule has 0 atom stereocenters. The van der Waals surface area contributed by atoms with Crippen molar-refractivity contribution in [3.63, 3.8) is 0 Å². The molecule has 0 saturated carbocycles. The minimum absolute atomic E-state index is 0.0625. The zero-order valence-electron chi connectivity index (χ0n) is 8.64. The summed E-state index contributed by atoms with van der Waals surface area (Å²) in [6.07, 6.45) is 0.636. The van der Waals surface area contributed by atoms with E-state index in [0.29, 0.717) is 25.4 Å². The van der Waals surface area contributed by atoms with Crippen LogP contribution in [0.15, 0.2) is 16.5 Å². The maximum absolute atomic E-state index is 10.6. The summed E-state index contributed by atoms with van der Waals surface area (Å²) in [5, 5.41) is 17.4. The Morgan fingerprint density at radius 2 is 2.27 bits per heavy atom. The summed E-state index contributed by atoms with van der Waals surface area (Å²) in [7, 11) is 0. The van der Waals surface area contributed by atoms with Gasteiger partial charge in [0, 0.05) is 25.8 Å². The largest absolute Gasteiger partial charge is 0.475 e. The van der Waals surface area contributed by atoms with E-state index in [1.807, 2.05) is 11.8 Å². The third-order valence-electron chi connectivity index (χ3n) is 2.08. The molecule has 5 nitrogen and oxygen atoms in total. The third-order valence-corrected chi connectivity index (χ3v) is 2.08. The maximum atomic E-state index is 10.6. The van der Waals surface area contributed by atoms with Gasteiger partial charge in [-0.3, -0.25) is 0 Å². The standard InChI is InChI=1S/C10H15NO4/c1-2-11(6-3-7-12)9-5-4-8(15-9)10(13)14/h4-5,12H,2-3,6-7H2,1H3,(H,13,14). The first kappa shape index (κ1) is 11.6. The van der Waals surface area contributed by atoms with E-state index < -0.39 is 5.97 Å². The van der Waals surface area contributed by atoms with Gasteiger partial charge >= 0.3 is 5.97 Å². The highest BCUT2D eigenvalue weighted by molar-refractivity contribution is 5.84. The fourth-order valence-corrected chi connectivity index (χ4v) is 1.30. The summed E-state index contributed by atoms with van der Waals surface area (Å²) >= 11 is 0. The highest BCUT2D eigenvalue weighted by Gasteiger charge is 2.12. The molecule has 1 aromatic rings. The first-order valence-corrected chi connectivity index (χ1v) is 4.88. The van der Waals surface area contributed by atoms with Crippen molar-refractivity contribution in [2.45, 2.75) is 13.3 Å². The molecule has 0 radical (unpaired) electrons. The highest BCUT2D eigenvalue weighted by atomic mass is 16.4. The molecule has 0 aromatic carbocycles. The Morgan fingerprint density at radius 3 is 2.73 bits per heavy atom. The number of nitrogens with zero attached hydrogens (tertiary/aromatic N) is 1. The summed E-state index contributed by atoms with van der Waals surface area (Å²) in [5.74, 6) is -0.602. The van der Waals surface area contributed by atoms with Gasteiger partial charge in [0.25, 0.3) is 0 Å². The van der Waals surface area contributed by atoms with Crippen molar-refractivity contribution in [1.82, 2.24) is 0 Å². The van der Waals surface area contributed by atoms with Crippen LogP contribution in [0.4, 0.5) is 5.88 Å². The number of carboxylic acid groups (broad SMARTS) is 1. The van der Waals surface area contributed by atoms with Crippen LogP contribution in [0.3, 0.4) is 0 Å². The number of rotatable bonds is 6. The van der Waals surface area contributed by atoms with E-state index in [9.17, 15) is 4.79 Å². The summed E-state index contributed by atoms with van der Waals surface area (Å²) in [6.45, 7) is 3.43. The van der Waals surface area contributed by atoms with Crippen LogP contribution in [0.1, 0.15) is 23.9 Å². The Kier molecular flexibility index (Phi) is 4.17. The van der Waals surface area contributed by atoms with Crippen LogP contribution in [0.5, 0.6) is 0 Å². The van der Waals surface area contributed by atoms with E-state index in [-0.39, 0.29) is 12.4 Å². The summed E-state index contributed by atoms with van der Waals surface area (Å²) in [6, 6.07) is 3.06. The molecule has 0 aliphatic rings. The average Bonchev–Trinajstić information content (AvgIpc) is 2.68. The molecule has 84 valence electrons. The Hall–Kier alpha value is -1.49.